The molecular weight excluding hydrogens is 413 g/mol. The van der Waals surface area contributed by atoms with Crippen LogP contribution in [0, 0.1) is 13.8 Å². The highest BCUT2D eigenvalue weighted by molar-refractivity contribution is 7.21. The molecule has 1 amide bonds. The van der Waals surface area contributed by atoms with Gasteiger partial charge in [0.2, 0.25) is 0 Å². The summed E-state index contributed by atoms with van der Waals surface area (Å²) < 4.78 is 15.6. The van der Waals surface area contributed by atoms with Crippen LogP contribution < -0.4 is 5.73 Å². The van der Waals surface area contributed by atoms with Crippen molar-refractivity contribution in [3.8, 4) is 11.1 Å². The Morgan fingerprint density at radius 3 is 2.61 bits per heavy atom. The van der Waals surface area contributed by atoms with Gasteiger partial charge in [0.1, 0.15) is 9.71 Å². The molecule has 2 N–H and O–H groups in total. The van der Waals surface area contributed by atoms with Gasteiger partial charge in [0, 0.05) is 17.8 Å². The van der Waals surface area contributed by atoms with Crippen LogP contribution in [0.3, 0.4) is 0 Å². The number of carbonyl (C=O) groups excluding carboxylic acids is 1. The first-order chi connectivity index (χ1) is 14.9. The van der Waals surface area contributed by atoms with Crippen molar-refractivity contribution in [2.24, 2.45) is 0 Å². The third-order valence-corrected chi connectivity index (χ3v) is 6.97. The summed E-state index contributed by atoms with van der Waals surface area (Å²) >= 11 is 1.21. The predicted octanol–water partition coefficient (Wildman–Crippen LogP) is 4.27. The number of carbonyl (C=O) groups is 1. The van der Waals surface area contributed by atoms with Crippen LogP contribution in [0.4, 0.5) is 10.1 Å². The Kier molecular flexibility index (Phi) is 4.48. The van der Waals surface area contributed by atoms with E-state index in [-0.39, 0.29) is 19.0 Å². The number of pyridine rings is 1. The molecule has 0 atom stereocenters. The molecule has 0 bridgehead atoms. The highest BCUT2D eigenvalue weighted by Crippen LogP contribution is 2.41. The molecule has 31 heavy (non-hydrogen) atoms. The summed E-state index contributed by atoms with van der Waals surface area (Å²) in [5.74, 6) is -0.267. The number of halogens is 1. The zero-order chi connectivity index (χ0) is 21.8. The number of alkyl halides is 1. The van der Waals surface area contributed by atoms with Gasteiger partial charge < -0.3 is 10.6 Å². The number of aryl methyl sites for hydroxylation is 2. The molecule has 1 saturated heterocycles. The number of fused-ring (bicyclic) bond motifs is 1. The fourth-order valence-electron chi connectivity index (χ4n) is 3.95. The molecule has 0 aliphatic carbocycles. The average Bonchev–Trinajstić information content (AvgIpc) is 3.11. The van der Waals surface area contributed by atoms with E-state index < -0.39 is 5.67 Å². The summed E-state index contributed by atoms with van der Waals surface area (Å²) in [6, 6.07) is 11.2. The Bertz CT molecular complexity index is 1310. The Morgan fingerprint density at radius 2 is 1.87 bits per heavy atom. The zero-order valence-electron chi connectivity index (χ0n) is 17.1. The summed E-state index contributed by atoms with van der Waals surface area (Å²) in [5.41, 5.74) is 9.23. The van der Waals surface area contributed by atoms with Gasteiger partial charge in [-0.2, -0.15) is 5.10 Å². The Morgan fingerprint density at radius 1 is 1.13 bits per heavy atom. The maximum atomic E-state index is 15.6. The summed E-state index contributed by atoms with van der Waals surface area (Å²) in [7, 11) is 0. The quantitative estimate of drug-likeness (QED) is 0.521. The number of thiophene rings is 1. The molecule has 6 nitrogen and oxygen atoms in total. The second-order valence-electron chi connectivity index (χ2n) is 7.88. The zero-order valence-corrected chi connectivity index (χ0v) is 17.9. The minimum Gasteiger partial charge on any atom is -0.397 e. The summed E-state index contributed by atoms with van der Waals surface area (Å²) in [4.78, 5) is 19.6. The number of amides is 1. The van der Waals surface area contributed by atoms with E-state index in [1.54, 1.807) is 18.5 Å². The van der Waals surface area contributed by atoms with E-state index in [1.807, 2.05) is 44.2 Å². The van der Waals surface area contributed by atoms with Gasteiger partial charge in [0.25, 0.3) is 5.91 Å². The molecule has 1 aliphatic heterocycles. The smallest absolute Gasteiger partial charge is 0.266 e. The molecule has 0 radical (unpaired) electrons. The maximum absolute atomic E-state index is 15.6. The predicted molar refractivity (Wildman–Crippen MR) is 120 cm³/mol. The van der Waals surface area contributed by atoms with E-state index in [4.69, 9.17) is 5.73 Å². The molecule has 3 aromatic heterocycles. The second kappa shape index (κ2) is 7.09. The minimum absolute atomic E-state index is 0.0109. The van der Waals surface area contributed by atoms with Crippen LogP contribution in [0.2, 0.25) is 0 Å². The molecule has 0 unspecified atom stereocenters. The number of benzene rings is 1. The third kappa shape index (κ3) is 3.14. The maximum Gasteiger partial charge on any atom is 0.266 e. The lowest BCUT2D eigenvalue weighted by Crippen LogP contribution is -2.58. The van der Waals surface area contributed by atoms with Gasteiger partial charge in [-0.25, -0.2) is 4.39 Å². The first-order valence-corrected chi connectivity index (χ1v) is 10.7. The summed E-state index contributed by atoms with van der Waals surface area (Å²) in [6.07, 6.45) is 3.42. The highest BCUT2D eigenvalue weighted by atomic mass is 32.1. The third-order valence-electron chi connectivity index (χ3n) is 5.89. The molecule has 156 valence electrons. The van der Waals surface area contributed by atoms with Gasteiger partial charge in [-0.1, -0.05) is 18.2 Å². The van der Waals surface area contributed by atoms with Crippen molar-refractivity contribution < 1.29 is 9.18 Å². The topological polar surface area (TPSA) is 85.0 Å². The molecule has 1 aliphatic rings. The van der Waals surface area contributed by atoms with Crippen molar-refractivity contribution in [3.63, 3.8) is 0 Å². The van der Waals surface area contributed by atoms with Gasteiger partial charge >= 0.3 is 0 Å². The number of aromatic nitrogens is 3. The Labute approximate surface area is 182 Å². The molecule has 5 rings (SSSR count). The molecule has 0 spiro atoms. The first kappa shape index (κ1) is 19.6. The number of rotatable bonds is 3. The van der Waals surface area contributed by atoms with Crippen LogP contribution in [-0.2, 0) is 5.67 Å². The minimum atomic E-state index is -1.59. The molecule has 4 heterocycles. The fraction of sp³-hybridized carbons (Fsp3) is 0.217. The monoisotopic (exact) mass is 433 g/mol. The normalized spacial score (nSPS) is 15.1. The molecule has 0 saturated carbocycles. The molecule has 8 heteroatoms. The largest absolute Gasteiger partial charge is 0.397 e. The average molecular weight is 434 g/mol. The van der Waals surface area contributed by atoms with Crippen LogP contribution in [0.25, 0.3) is 21.3 Å². The van der Waals surface area contributed by atoms with E-state index in [0.717, 1.165) is 27.8 Å². The molecule has 1 fully saturated rings. The number of hydrogen-bond donors (Lipinski definition) is 1. The lowest BCUT2D eigenvalue weighted by Gasteiger charge is -2.44. The number of nitrogens with two attached hydrogens (primary N) is 1. The van der Waals surface area contributed by atoms with Gasteiger partial charge in [0.15, 0.2) is 5.67 Å². The first-order valence-electron chi connectivity index (χ1n) is 9.88. The molecule has 4 aromatic rings. The van der Waals surface area contributed by atoms with E-state index in [2.05, 4.69) is 15.2 Å². The van der Waals surface area contributed by atoms with Crippen molar-refractivity contribution in [1.82, 2.24) is 20.1 Å². The van der Waals surface area contributed by atoms with Crippen LogP contribution in [-0.4, -0.2) is 39.1 Å². The van der Waals surface area contributed by atoms with Gasteiger partial charge in [-0.15, -0.1) is 16.4 Å². The fourth-order valence-corrected chi connectivity index (χ4v) is 5.02. The lowest BCUT2D eigenvalue weighted by atomic mass is 9.86. The van der Waals surface area contributed by atoms with Crippen molar-refractivity contribution in [2.45, 2.75) is 19.5 Å². The van der Waals surface area contributed by atoms with Crippen LogP contribution in [0.1, 0.15) is 26.5 Å². The number of likely N-dealkylation sites (tertiary alicyclic amines) is 1. The second-order valence-corrected chi connectivity index (χ2v) is 8.88. The highest BCUT2D eigenvalue weighted by Gasteiger charge is 2.48. The Hall–Kier alpha value is -3.39. The van der Waals surface area contributed by atoms with Crippen molar-refractivity contribution in [3.05, 3.63) is 70.5 Å². The number of hydrogen-bond acceptors (Lipinski definition) is 6. The SMILES string of the molecule is Cc1nnc2sc(C(=O)N3CC(F)(c4cccc(-c5ccncc5)c4)C3)c(N)c2c1C. The molecular formula is C23H20FN5OS. The van der Waals surface area contributed by atoms with Crippen LogP contribution in [0.5, 0.6) is 0 Å². The Balaban J connectivity index is 1.39. The standard InChI is InChI=1S/C23H20FN5OS/c1-13-14(2)27-28-21-18(13)19(25)20(31-21)22(30)29-11-23(24,12-29)17-5-3-4-16(10-17)15-6-8-26-9-7-15/h3-10H,11-12,25H2,1-2H3. The van der Waals surface area contributed by atoms with E-state index >= 15 is 4.39 Å². The van der Waals surface area contributed by atoms with Gasteiger partial charge in [0.05, 0.1) is 24.5 Å². The van der Waals surface area contributed by atoms with E-state index in [1.165, 1.54) is 16.2 Å². The lowest BCUT2D eigenvalue weighted by molar-refractivity contribution is -0.0227. The molecule has 1 aromatic carbocycles. The summed E-state index contributed by atoms with van der Waals surface area (Å²) in [6.45, 7) is 3.75. The van der Waals surface area contributed by atoms with Crippen molar-refractivity contribution >= 4 is 33.1 Å². The van der Waals surface area contributed by atoms with Crippen LogP contribution in [0.15, 0.2) is 48.8 Å². The van der Waals surface area contributed by atoms with E-state index in [9.17, 15) is 4.79 Å². The van der Waals surface area contributed by atoms with Crippen molar-refractivity contribution in [2.75, 3.05) is 18.8 Å². The van der Waals surface area contributed by atoms with Gasteiger partial charge in [-0.3, -0.25) is 9.78 Å². The van der Waals surface area contributed by atoms with Crippen molar-refractivity contribution in [1.29, 1.82) is 0 Å². The number of anilines is 1. The number of nitrogens with zero attached hydrogens (tertiary/aromatic N) is 4. The van der Waals surface area contributed by atoms with Crippen LogP contribution >= 0.6 is 11.3 Å². The number of nitrogen functional groups attached to an aromatic ring is 1. The van der Waals surface area contributed by atoms with E-state index in [0.29, 0.717) is 21.0 Å². The summed E-state index contributed by atoms with van der Waals surface area (Å²) in [5, 5.41) is 9.04. The van der Waals surface area contributed by atoms with Gasteiger partial charge in [-0.05, 0) is 54.3 Å².